The molecule has 27 heavy (non-hydrogen) atoms. The molecule has 1 atom stereocenters. The van der Waals surface area contributed by atoms with Crippen LogP contribution in [-0.2, 0) is 16.0 Å². The van der Waals surface area contributed by atoms with Gasteiger partial charge in [-0.15, -0.1) is 0 Å². The molecule has 5 heteroatoms. The van der Waals surface area contributed by atoms with Crippen molar-refractivity contribution in [2.24, 2.45) is 0 Å². The van der Waals surface area contributed by atoms with Crippen LogP contribution in [0.3, 0.4) is 0 Å². The Morgan fingerprint density at radius 2 is 2.00 bits per heavy atom. The predicted molar refractivity (Wildman–Crippen MR) is 109 cm³/mol. The second kappa shape index (κ2) is 8.49. The van der Waals surface area contributed by atoms with Gasteiger partial charge < -0.3 is 14.9 Å². The fraction of sp³-hybridized carbons (Fsp3) is 0.500. The Kier molecular flexibility index (Phi) is 6.77. The molecule has 1 fully saturated rings. The molecule has 4 nitrogen and oxygen atoms in total. The van der Waals surface area contributed by atoms with Crippen LogP contribution in [0, 0.1) is 6.92 Å². The highest BCUT2D eigenvalue weighted by Gasteiger charge is 2.40. The van der Waals surface area contributed by atoms with Gasteiger partial charge >= 0.3 is 0 Å². The maximum absolute atomic E-state index is 11.9. The van der Waals surface area contributed by atoms with E-state index in [4.69, 9.17) is 16.3 Å². The fourth-order valence-corrected chi connectivity index (χ4v) is 3.33. The number of Topliss-reactive ketones (excluding diaryl/α,β-unsaturated/α-hetero) is 1. The zero-order chi connectivity index (χ0) is 20.4. The summed E-state index contributed by atoms with van der Waals surface area (Å²) in [7, 11) is 0. The summed E-state index contributed by atoms with van der Waals surface area (Å²) in [5, 5.41) is 20.5. The van der Waals surface area contributed by atoms with Gasteiger partial charge in [0.1, 0.15) is 17.1 Å². The van der Waals surface area contributed by atoms with E-state index >= 15 is 0 Å². The Balaban J connectivity index is 1.94. The van der Waals surface area contributed by atoms with Gasteiger partial charge in [-0.1, -0.05) is 29.3 Å². The molecular weight excluding hydrogens is 364 g/mol. The summed E-state index contributed by atoms with van der Waals surface area (Å²) in [5.74, 6) is 0.146. The van der Waals surface area contributed by atoms with Crippen molar-refractivity contribution in [3.05, 3.63) is 45.5 Å². The lowest BCUT2D eigenvalue weighted by Gasteiger charge is -2.18. The second-order valence-corrected chi connectivity index (χ2v) is 8.22. The van der Waals surface area contributed by atoms with Crippen LogP contribution in [0.4, 0.5) is 0 Å². The summed E-state index contributed by atoms with van der Waals surface area (Å²) in [6, 6.07) is 1.57. The number of phenols is 2. The average Bonchev–Trinajstić information content (AvgIpc) is 2.86. The Morgan fingerprint density at radius 3 is 2.59 bits per heavy atom. The number of rotatable bonds is 6. The molecule has 0 amide bonds. The third-order valence-corrected chi connectivity index (χ3v) is 5.63. The number of carbonyl (C=O) groups excluding carboxylic acids is 1. The number of carbonyl (C=O) groups is 1. The average molecular weight is 393 g/mol. The van der Waals surface area contributed by atoms with E-state index in [2.05, 4.69) is 6.08 Å². The first-order chi connectivity index (χ1) is 12.5. The van der Waals surface area contributed by atoms with Crippen LogP contribution in [0.1, 0.15) is 58.1 Å². The summed E-state index contributed by atoms with van der Waals surface area (Å²) in [5.41, 5.74) is 2.64. The highest BCUT2D eigenvalue weighted by Crippen LogP contribution is 2.37. The lowest BCUT2D eigenvalue weighted by atomic mass is 10.00. The van der Waals surface area contributed by atoms with Gasteiger partial charge in [-0.25, -0.2) is 0 Å². The number of hydrogen-bond acceptors (Lipinski definition) is 4. The highest BCUT2D eigenvalue weighted by atomic mass is 35.5. The van der Waals surface area contributed by atoms with Crippen molar-refractivity contribution in [1.82, 2.24) is 0 Å². The quantitative estimate of drug-likeness (QED) is 0.635. The number of aromatic hydroxyl groups is 2. The molecule has 1 aliphatic rings. The molecule has 0 bridgehead atoms. The molecule has 148 valence electrons. The lowest BCUT2D eigenvalue weighted by molar-refractivity contribution is -0.129. The fourth-order valence-electron chi connectivity index (χ4n) is 3.17. The van der Waals surface area contributed by atoms with Crippen LogP contribution in [0.25, 0.3) is 0 Å². The molecule has 0 spiro atoms. The molecular formula is C22H29ClO4. The van der Waals surface area contributed by atoms with Gasteiger partial charge in [0.15, 0.2) is 5.78 Å². The van der Waals surface area contributed by atoms with E-state index < -0.39 is 5.60 Å². The number of phenolic OH excluding ortho intramolecular Hbond substituents is 2. The Labute approximate surface area is 166 Å². The minimum Gasteiger partial charge on any atom is -0.508 e. The summed E-state index contributed by atoms with van der Waals surface area (Å²) >= 11 is 6.06. The molecule has 0 radical (unpaired) electrons. The molecule has 1 aromatic carbocycles. The minimum atomic E-state index is -0.686. The summed E-state index contributed by atoms with van der Waals surface area (Å²) < 4.78 is 5.83. The molecule has 1 saturated heterocycles. The van der Waals surface area contributed by atoms with Crippen molar-refractivity contribution < 1.29 is 19.7 Å². The Morgan fingerprint density at radius 1 is 1.33 bits per heavy atom. The SMILES string of the molecule is C/C(=C\Cc1c(O)cc(C)c(Cl)c1O)CC/C=C(\C)C1CC(=O)C(C)(C)O1. The van der Waals surface area contributed by atoms with Gasteiger partial charge in [-0.3, -0.25) is 4.79 Å². The van der Waals surface area contributed by atoms with E-state index in [1.165, 1.54) is 0 Å². The minimum absolute atomic E-state index is 0.0554. The number of hydrogen-bond donors (Lipinski definition) is 2. The van der Waals surface area contributed by atoms with Gasteiger partial charge in [0, 0.05) is 12.0 Å². The number of halogens is 1. The van der Waals surface area contributed by atoms with E-state index in [0.29, 0.717) is 24.0 Å². The van der Waals surface area contributed by atoms with Crippen molar-refractivity contribution in [3.8, 4) is 11.5 Å². The highest BCUT2D eigenvalue weighted by molar-refractivity contribution is 6.33. The maximum atomic E-state index is 11.9. The van der Waals surface area contributed by atoms with Gasteiger partial charge in [0.25, 0.3) is 0 Å². The van der Waals surface area contributed by atoms with Crippen LogP contribution in [0.5, 0.6) is 11.5 Å². The van der Waals surface area contributed by atoms with E-state index in [-0.39, 0.29) is 28.4 Å². The first-order valence-electron chi connectivity index (χ1n) is 9.26. The zero-order valence-corrected chi connectivity index (χ0v) is 17.5. The standard InChI is InChI=1S/C22H29ClO4/c1-13(9-10-16-17(24)11-15(3)20(23)21(16)26)7-6-8-14(2)18-12-19(25)22(4,5)27-18/h8-9,11,18,24,26H,6-7,10,12H2,1-5H3/b13-9+,14-8+. The van der Waals surface area contributed by atoms with Crippen molar-refractivity contribution in [1.29, 1.82) is 0 Å². The summed E-state index contributed by atoms with van der Waals surface area (Å²) in [6.07, 6.45) is 6.53. The monoisotopic (exact) mass is 392 g/mol. The first kappa shape index (κ1) is 21.5. The smallest absolute Gasteiger partial charge is 0.167 e. The van der Waals surface area contributed by atoms with Crippen molar-refractivity contribution in [2.75, 3.05) is 0 Å². The Bertz CT molecular complexity index is 790. The summed E-state index contributed by atoms with van der Waals surface area (Å²) in [4.78, 5) is 11.9. The normalized spacial score (nSPS) is 20.4. The number of ketones is 1. The molecule has 1 aliphatic heterocycles. The lowest BCUT2D eigenvalue weighted by Crippen LogP contribution is -2.27. The summed E-state index contributed by atoms with van der Waals surface area (Å²) in [6.45, 7) is 9.40. The molecule has 0 aliphatic carbocycles. The number of benzene rings is 1. The van der Waals surface area contributed by atoms with Crippen molar-refractivity contribution >= 4 is 17.4 Å². The maximum Gasteiger partial charge on any atom is 0.167 e. The van der Waals surface area contributed by atoms with Gasteiger partial charge in [-0.2, -0.15) is 0 Å². The molecule has 0 aromatic heterocycles. The van der Waals surface area contributed by atoms with Crippen LogP contribution >= 0.6 is 11.6 Å². The molecule has 2 rings (SSSR count). The third kappa shape index (κ3) is 5.14. The van der Waals surface area contributed by atoms with Crippen LogP contribution < -0.4 is 0 Å². The van der Waals surface area contributed by atoms with E-state index in [9.17, 15) is 15.0 Å². The van der Waals surface area contributed by atoms with Gasteiger partial charge in [0.2, 0.25) is 0 Å². The van der Waals surface area contributed by atoms with Crippen molar-refractivity contribution in [3.63, 3.8) is 0 Å². The van der Waals surface area contributed by atoms with Gasteiger partial charge in [0.05, 0.1) is 11.1 Å². The number of aryl methyl sites for hydroxylation is 1. The Hall–Kier alpha value is -1.78. The largest absolute Gasteiger partial charge is 0.508 e. The van der Waals surface area contributed by atoms with Gasteiger partial charge in [-0.05, 0) is 71.1 Å². The number of ether oxygens (including phenoxy) is 1. The number of allylic oxidation sites excluding steroid dienone is 3. The van der Waals surface area contributed by atoms with Crippen LogP contribution in [0.2, 0.25) is 5.02 Å². The predicted octanol–water partition coefficient (Wildman–Crippen LogP) is 5.41. The van der Waals surface area contributed by atoms with E-state index in [1.807, 2.05) is 33.8 Å². The first-order valence-corrected chi connectivity index (χ1v) is 9.64. The zero-order valence-electron chi connectivity index (χ0n) is 16.7. The third-order valence-electron chi connectivity index (χ3n) is 5.15. The van der Waals surface area contributed by atoms with E-state index in [1.54, 1.807) is 13.0 Å². The molecule has 1 heterocycles. The van der Waals surface area contributed by atoms with E-state index in [0.717, 1.165) is 24.0 Å². The molecule has 2 N–H and O–H groups in total. The second-order valence-electron chi connectivity index (χ2n) is 7.84. The topological polar surface area (TPSA) is 66.8 Å². The van der Waals surface area contributed by atoms with Crippen LogP contribution in [0.15, 0.2) is 29.4 Å². The molecule has 1 unspecified atom stereocenters. The molecule has 1 aromatic rings. The van der Waals surface area contributed by atoms with Crippen LogP contribution in [-0.4, -0.2) is 27.7 Å². The molecule has 0 saturated carbocycles. The van der Waals surface area contributed by atoms with Crippen molar-refractivity contribution in [2.45, 2.75) is 72.0 Å².